The second kappa shape index (κ2) is 4.13. The summed E-state index contributed by atoms with van der Waals surface area (Å²) in [7, 11) is 0. The lowest BCUT2D eigenvalue weighted by Gasteiger charge is -2.16. The van der Waals surface area contributed by atoms with E-state index in [9.17, 15) is 4.79 Å². The van der Waals surface area contributed by atoms with Crippen LogP contribution in [0.15, 0.2) is 11.2 Å². The summed E-state index contributed by atoms with van der Waals surface area (Å²) in [6, 6.07) is 0. The number of guanidine groups is 1. The smallest absolute Gasteiger partial charge is 0.286 e. The number of fused-ring (bicyclic) bond motifs is 1. The van der Waals surface area contributed by atoms with Crippen LogP contribution in [0.2, 0.25) is 0 Å². The fraction of sp³-hybridized carbons (Fsp3) is 0.400. The quantitative estimate of drug-likeness (QED) is 0.614. The lowest BCUT2D eigenvalue weighted by atomic mass is 10.2. The largest absolute Gasteiger partial charge is 0.363 e. The predicted molar refractivity (Wildman–Crippen MR) is 64.5 cm³/mol. The van der Waals surface area contributed by atoms with Crippen molar-refractivity contribution >= 4 is 17.4 Å². The van der Waals surface area contributed by atoms with E-state index in [0.29, 0.717) is 5.82 Å². The standard InChI is InChI=1S/C10H13N7O/c11-7(18)9-14-8(15-16-9)6-1-3-17-4-2-12-10(17)13-5-6/h5H,1-4H2,(H2,11,18)(H,12,13)(H,14,15,16). The van der Waals surface area contributed by atoms with Crippen LogP contribution >= 0.6 is 0 Å². The number of aromatic nitrogens is 3. The lowest BCUT2D eigenvalue weighted by Crippen LogP contribution is -2.34. The summed E-state index contributed by atoms with van der Waals surface area (Å²) >= 11 is 0. The van der Waals surface area contributed by atoms with Crippen LogP contribution in [0.1, 0.15) is 22.9 Å². The molecule has 0 saturated heterocycles. The number of hydrogen-bond donors (Lipinski definition) is 3. The van der Waals surface area contributed by atoms with E-state index in [1.807, 2.05) is 6.20 Å². The molecule has 1 aromatic rings. The molecule has 0 fully saturated rings. The van der Waals surface area contributed by atoms with Crippen molar-refractivity contribution in [2.24, 2.45) is 10.7 Å². The number of nitrogens with zero attached hydrogens (tertiary/aromatic N) is 4. The number of hydrogen-bond acceptors (Lipinski definition) is 6. The van der Waals surface area contributed by atoms with Crippen molar-refractivity contribution in [3.63, 3.8) is 0 Å². The molecule has 8 nitrogen and oxygen atoms in total. The van der Waals surface area contributed by atoms with Crippen molar-refractivity contribution in [3.8, 4) is 0 Å². The van der Waals surface area contributed by atoms with Crippen LogP contribution in [-0.4, -0.2) is 51.6 Å². The number of H-pyrrole nitrogens is 1. The molecular weight excluding hydrogens is 234 g/mol. The molecule has 0 saturated carbocycles. The highest BCUT2D eigenvalue weighted by atomic mass is 16.1. The summed E-state index contributed by atoms with van der Waals surface area (Å²) in [6.45, 7) is 2.63. The van der Waals surface area contributed by atoms with Gasteiger partial charge in [0.2, 0.25) is 5.82 Å². The van der Waals surface area contributed by atoms with Gasteiger partial charge in [-0.05, 0) is 6.42 Å². The SMILES string of the molecule is NC(=O)c1nc(C2=CNC3=NCCN3CC2)n[nH]1. The second-order valence-electron chi connectivity index (χ2n) is 4.13. The summed E-state index contributed by atoms with van der Waals surface area (Å²) in [6.07, 6.45) is 2.63. The Morgan fingerprint density at radius 3 is 3.11 bits per heavy atom. The Morgan fingerprint density at radius 2 is 2.33 bits per heavy atom. The van der Waals surface area contributed by atoms with Gasteiger partial charge in [0, 0.05) is 24.9 Å². The maximum absolute atomic E-state index is 11.0. The van der Waals surface area contributed by atoms with Crippen LogP contribution in [0, 0.1) is 0 Å². The molecule has 94 valence electrons. The number of rotatable bonds is 2. The first-order valence-corrected chi connectivity index (χ1v) is 5.71. The molecule has 0 bridgehead atoms. The zero-order valence-corrected chi connectivity index (χ0v) is 9.68. The molecule has 2 aliphatic heterocycles. The monoisotopic (exact) mass is 247 g/mol. The van der Waals surface area contributed by atoms with Gasteiger partial charge in [-0.15, -0.1) is 0 Å². The summed E-state index contributed by atoms with van der Waals surface area (Å²) < 4.78 is 0. The molecule has 2 aliphatic rings. The number of aliphatic imine (C=N–C) groups is 1. The number of amides is 1. The number of nitrogens with two attached hydrogens (primary N) is 1. The van der Waals surface area contributed by atoms with Gasteiger partial charge in [0.15, 0.2) is 11.8 Å². The second-order valence-corrected chi connectivity index (χ2v) is 4.13. The Labute approximate surface area is 103 Å². The fourth-order valence-corrected chi connectivity index (χ4v) is 2.01. The van der Waals surface area contributed by atoms with Crippen molar-refractivity contribution in [2.75, 3.05) is 19.6 Å². The Hall–Kier alpha value is -2.38. The van der Waals surface area contributed by atoms with Crippen LogP contribution in [0.5, 0.6) is 0 Å². The molecule has 3 rings (SSSR count). The highest BCUT2D eigenvalue weighted by Gasteiger charge is 2.21. The first-order chi connectivity index (χ1) is 8.74. The molecule has 1 amide bonds. The van der Waals surface area contributed by atoms with Gasteiger partial charge in [-0.25, -0.2) is 4.98 Å². The molecule has 0 aromatic carbocycles. The Kier molecular flexibility index (Phi) is 2.47. The van der Waals surface area contributed by atoms with E-state index in [0.717, 1.165) is 37.6 Å². The van der Waals surface area contributed by atoms with Crippen molar-refractivity contribution < 1.29 is 4.79 Å². The minimum atomic E-state index is -0.610. The zero-order chi connectivity index (χ0) is 12.5. The van der Waals surface area contributed by atoms with Crippen LogP contribution in [0.25, 0.3) is 5.57 Å². The van der Waals surface area contributed by atoms with Gasteiger partial charge in [0.05, 0.1) is 6.54 Å². The van der Waals surface area contributed by atoms with Crippen LogP contribution in [0.4, 0.5) is 0 Å². The number of nitrogens with one attached hydrogen (secondary N) is 2. The fourth-order valence-electron chi connectivity index (χ4n) is 2.01. The summed E-state index contributed by atoms with van der Waals surface area (Å²) in [4.78, 5) is 21.5. The zero-order valence-electron chi connectivity index (χ0n) is 9.68. The Morgan fingerprint density at radius 1 is 1.44 bits per heavy atom. The maximum atomic E-state index is 11.0. The van der Waals surface area contributed by atoms with Gasteiger partial charge in [-0.3, -0.25) is 14.9 Å². The molecule has 3 heterocycles. The number of carbonyl (C=O) groups is 1. The Bertz CT molecular complexity index is 544. The van der Waals surface area contributed by atoms with Crippen LogP contribution in [0.3, 0.4) is 0 Å². The van der Waals surface area contributed by atoms with Gasteiger partial charge in [0.25, 0.3) is 5.91 Å². The van der Waals surface area contributed by atoms with E-state index < -0.39 is 5.91 Å². The lowest BCUT2D eigenvalue weighted by molar-refractivity contribution is 0.0991. The highest BCUT2D eigenvalue weighted by molar-refractivity contribution is 5.89. The third-order valence-corrected chi connectivity index (χ3v) is 2.96. The first-order valence-electron chi connectivity index (χ1n) is 5.71. The summed E-state index contributed by atoms with van der Waals surface area (Å²) in [5, 5.41) is 9.65. The molecule has 0 radical (unpaired) electrons. The van der Waals surface area contributed by atoms with Gasteiger partial charge in [-0.2, -0.15) is 5.10 Å². The summed E-state index contributed by atoms with van der Waals surface area (Å²) in [5.74, 6) is 0.850. The molecule has 1 aromatic heterocycles. The molecule has 0 unspecified atom stereocenters. The minimum Gasteiger partial charge on any atom is -0.363 e. The number of carbonyl (C=O) groups excluding carboxylic acids is 1. The Balaban J connectivity index is 1.83. The van der Waals surface area contributed by atoms with Gasteiger partial charge in [0.1, 0.15) is 0 Å². The molecule has 0 aliphatic carbocycles. The average Bonchev–Trinajstić information content (AvgIpc) is 2.96. The topological polar surface area (TPSA) is 112 Å². The van der Waals surface area contributed by atoms with E-state index in [1.54, 1.807) is 0 Å². The van der Waals surface area contributed by atoms with E-state index in [1.165, 1.54) is 0 Å². The average molecular weight is 247 g/mol. The molecule has 4 N–H and O–H groups in total. The van der Waals surface area contributed by atoms with Gasteiger partial charge in [-0.1, -0.05) is 0 Å². The molecule has 0 atom stereocenters. The molecule has 0 spiro atoms. The van der Waals surface area contributed by atoms with E-state index in [4.69, 9.17) is 5.73 Å². The highest BCUT2D eigenvalue weighted by Crippen LogP contribution is 2.17. The molecule has 8 heteroatoms. The van der Waals surface area contributed by atoms with Crippen molar-refractivity contribution in [1.29, 1.82) is 0 Å². The van der Waals surface area contributed by atoms with Crippen molar-refractivity contribution in [3.05, 3.63) is 17.8 Å². The van der Waals surface area contributed by atoms with Crippen molar-refractivity contribution in [1.82, 2.24) is 25.4 Å². The predicted octanol–water partition coefficient (Wildman–Crippen LogP) is -1.09. The van der Waals surface area contributed by atoms with E-state index in [2.05, 4.69) is 30.4 Å². The normalized spacial score (nSPS) is 18.6. The van der Waals surface area contributed by atoms with Crippen LogP contribution < -0.4 is 11.1 Å². The first kappa shape index (κ1) is 10.8. The molecule has 18 heavy (non-hydrogen) atoms. The minimum absolute atomic E-state index is 0.0768. The molecular formula is C10H13N7O. The van der Waals surface area contributed by atoms with Gasteiger partial charge >= 0.3 is 0 Å². The third kappa shape index (κ3) is 1.81. The number of aromatic amines is 1. The van der Waals surface area contributed by atoms with Crippen molar-refractivity contribution in [2.45, 2.75) is 6.42 Å². The van der Waals surface area contributed by atoms with Gasteiger partial charge < -0.3 is 16.0 Å². The number of primary amides is 1. The van der Waals surface area contributed by atoms with Crippen LogP contribution in [-0.2, 0) is 0 Å². The third-order valence-electron chi connectivity index (χ3n) is 2.96. The van der Waals surface area contributed by atoms with E-state index >= 15 is 0 Å². The van der Waals surface area contributed by atoms with E-state index in [-0.39, 0.29) is 5.82 Å². The maximum Gasteiger partial charge on any atom is 0.286 e. The summed E-state index contributed by atoms with van der Waals surface area (Å²) in [5.41, 5.74) is 6.05.